The van der Waals surface area contributed by atoms with Crippen molar-refractivity contribution in [3.8, 4) is 0 Å². The van der Waals surface area contributed by atoms with Crippen molar-refractivity contribution in [1.29, 1.82) is 0 Å². The molecule has 1 saturated carbocycles. The van der Waals surface area contributed by atoms with Crippen LogP contribution in [0.15, 0.2) is 41.3 Å². The Balaban J connectivity index is 1.67. The number of carbonyl (C=O) groups is 2. The monoisotopic (exact) mass is 542 g/mol. The van der Waals surface area contributed by atoms with Gasteiger partial charge in [-0.3, -0.25) is 9.59 Å². The first-order chi connectivity index (χ1) is 16.8. The number of ether oxygens (including phenoxy) is 1. The lowest BCUT2D eigenvalue weighted by Gasteiger charge is -2.48. The van der Waals surface area contributed by atoms with Crippen molar-refractivity contribution in [2.75, 3.05) is 19.5 Å². The first-order valence-corrected chi connectivity index (χ1v) is 13.4. The molecule has 0 radical (unpaired) electrons. The molecule has 3 unspecified atom stereocenters. The molecule has 0 spiro atoms. The number of halogens is 4. The molecule has 36 heavy (non-hydrogen) atoms. The van der Waals surface area contributed by atoms with Gasteiger partial charge in [0.1, 0.15) is 17.7 Å². The van der Waals surface area contributed by atoms with Gasteiger partial charge >= 0.3 is 0 Å². The molecule has 3 aliphatic rings. The Kier molecular flexibility index (Phi) is 5.70. The van der Waals surface area contributed by atoms with Crippen molar-refractivity contribution < 1.29 is 35.9 Å². The maximum atomic E-state index is 16.2. The van der Waals surface area contributed by atoms with E-state index in [2.05, 4.69) is 0 Å². The largest absolute Gasteiger partial charge is 0.375 e. The second kappa shape index (κ2) is 8.19. The van der Waals surface area contributed by atoms with E-state index in [9.17, 15) is 22.4 Å². The molecule has 2 aromatic carbocycles. The summed E-state index contributed by atoms with van der Waals surface area (Å²) in [5, 5.41) is -0.482. The minimum atomic E-state index is -3.67. The number of rotatable bonds is 6. The lowest BCUT2D eigenvalue weighted by Crippen LogP contribution is -2.61. The van der Waals surface area contributed by atoms with Gasteiger partial charge in [0, 0.05) is 17.7 Å². The molecule has 2 saturated heterocycles. The number of hydrogen-bond acceptors (Lipinski definition) is 5. The van der Waals surface area contributed by atoms with E-state index in [1.165, 1.54) is 18.2 Å². The Morgan fingerprint density at radius 3 is 2.47 bits per heavy atom. The average Bonchev–Trinajstić information content (AvgIpc) is 3.39. The summed E-state index contributed by atoms with van der Waals surface area (Å²) in [6.45, 7) is -0.828. The Hall–Kier alpha value is -2.63. The molecule has 7 nitrogen and oxygen atoms in total. The molecule has 0 aromatic heterocycles. The van der Waals surface area contributed by atoms with Crippen LogP contribution >= 0.6 is 11.6 Å². The number of amides is 2. The topological polar surface area (TPSA) is 107 Å². The van der Waals surface area contributed by atoms with Gasteiger partial charge in [0.2, 0.25) is 5.91 Å². The number of nitrogens with two attached hydrogens (primary N) is 1. The van der Waals surface area contributed by atoms with Crippen molar-refractivity contribution in [2.24, 2.45) is 11.7 Å². The number of alkyl halides is 1. The predicted octanol–water partition coefficient (Wildman–Crippen LogP) is 3.00. The summed E-state index contributed by atoms with van der Waals surface area (Å²) in [4.78, 5) is 27.3. The van der Waals surface area contributed by atoms with Crippen LogP contribution in [0.3, 0.4) is 0 Å². The maximum absolute atomic E-state index is 16.2. The van der Waals surface area contributed by atoms with Crippen LogP contribution in [0.5, 0.6) is 0 Å². The van der Waals surface area contributed by atoms with Crippen LogP contribution in [0.2, 0.25) is 5.02 Å². The van der Waals surface area contributed by atoms with E-state index in [0.29, 0.717) is 0 Å². The summed E-state index contributed by atoms with van der Waals surface area (Å²) in [5.74, 6) is -5.32. The normalized spacial score (nSPS) is 27.2. The van der Waals surface area contributed by atoms with E-state index in [1.807, 2.05) is 0 Å². The van der Waals surface area contributed by atoms with Crippen molar-refractivity contribution in [3.05, 3.63) is 64.2 Å². The molecule has 2 N–H and O–H groups in total. The zero-order valence-corrected chi connectivity index (χ0v) is 20.6. The first kappa shape index (κ1) is 25.0. The van der Waals surface area contributed by atoms with Gasteiger partial charge in [0.25, 0.3) is 5.91 Å². The summed E-state index contributed by atoms with van der Waals surface area (Å²) in [7, 11) is -3.67. The number of carbonyl (C=O) groups excluding carboxylic acids is 2. The molecule has 2 amide bonds. The molecule has 1 aliphatic carbocycles. The van der Waals surface area contributed by atoms with E-state index >= 15 is 8.78 Å². The highest BCUT2D eigenvalue weighted by Gasteiger charge is 2.75. The Labute approximate surface area is 210 Å². The highest BCUT2D eigenvalue weighted by Crippen LogP contribution is 2.68. The number of piperidine rings is 1. The van der Waals surface area contributed by atoms with Crippen LogP contribution in [0.25, 0.3) is 0 Å². The maximum Gasteiger partial charge on any atom is 0.255 e. The van der Waals surface area contributed by atoms with E-state index in [4.69, 9.17) is 22.1 Å². The van der Waals surface area contributed by atoms with Crippen LogP contribution in [0.1, 0.15) is 34.7 Å². The number of likely N-dealkylation sites (tertiary alicyclic amines) is 1. The fourth-order valence-corrected chi connectivity index (χ4v) is 6.68. The number of nitrogens with zero attached hydrogens (tertiary/aromatic N) is 1. The van der Waals surface area contributed by atoms with Crippen molar-refractivity contribution in [1.82, 2.24) is 4.90 Å². The van der Waals surface area contributed by atoms with Crippen molar-refractivity contribution >= 4 is 33.3 Å². The van der Waals surface area contributed by atoms with Crippen molar-refractivity contribution in [3.63, 3.8) is 0 Å². The summed E-state index contributed by atoms with van der Waals surface area (Å²) >= 11 is 5.72. The molecule has 12 heteroatoms. The summed E-state index contributed by atoms with van der Waals surface area (Å²) in [6.07, 6.45) is 1.31. The minimum Gasteiger partial charge on any atom is -0.375 e. The first-order valence-electron chi connectivity index (χ1n) is 11.1. The number of primary amides is 1. The number of benzene rings is 2. The third-order valence-electron chi connectivity index (χ3n) is 7.50. The van der Waals surface area contributed by atoms with Gasteiger partial charge in [-0.1, -0.05) is 17.7 Å². The van der Waals surface area contributed by atoms with Gasteiger partial charge in [-0.15, -0.1) is 0 Å². The third-order valence-corrected chi connectivity index (χ3v) is 8.90. The second-order valence-corrected chi connectivity index (χ2v) is 12.2. The Morgan fingerprint density at radius 2 is 1.89 bits per heavy atom. The van der Waals surface area contributed by atoms with Gasteiger partial charge < -0.3 is 15.4 Å². The standard InChI is InChI=1S/C24H22ClF3N2O5S/c1-36(33,34)14-4-2-3-12(5-14)22(32)30-19(21(29)31)6-13-9-24(13,30)20(23(28)10-35-11-23)15-7-18(27)16(25)8-17(15)26/h2-5,7-8,13,19-20H,6,9-11H2,1H3,(H2,29,31)/t13?,19?,20-,24?/m1/s1. The Morgan fingerprint density at radius 1 is 1.19 bits per heavy atom. The molecule has 2 heterocycles. The molecule has 2 aromatic rings. The SMILES string of the molecule is CS(=O)(=O)c1cccc(C(=O)N2C(C(N)=O)CC3CC32[C@H](c2cc(F)c(Cl)cc2F)C2(F)COC2)c1. The molecule has 5 rings (SSSR count). The van der Waals surface area contributed by atoms with Crippen LogP contribution in [-0.4, -0.2) is 61.9 Å². The minimum absolute atomic E-state index is 0.0598. The number of fused-ring (bicyclic) bond motifs is 1. The summed E-state index contributed by atoms with van der Waals surface area (Å²) in [6, 6.07) is 5.63. The van der Waals surface area contributed by atoms with Crippen molar-refractivity contribution in [2.45, 2.75) is 40.9 Å². The van der Waals surface area contributed by atoms with Gasteiger partial charge in [0.05, 0.1) is 28.7 Å². The lowest BCUT2D eigenvalue weighted by molar-refractivity contribution is -0.157. The zero-order chi connectivity index (χ0) is 26.2. The quantitative estimate of drug-likeness (QED) is 0.565. The molecule has 2 aliphatic heterocycles. The van der Waals surface area contributed by atoms with Crippen LogP contribution < -0.4 is 5.73 Å². The molecular weight excluding hydrogens is 521 g/mol. The second-order valence-electron chi connectivity index (χ2n) is 9.77. The molecule has 0 bridgehead atoms. The van der Waals surface area contributed by atoms with Crippen LogP contribution in [0, 0.1) is 17.6 Å². The fraction of sp³-hybridized carbons (Fsp3) is 0.417. The number of sulfone groups is 1. The van der Waals surface area contributed by atoms with E-state index < -0.39 is 80.6 Å². The lowest BCUT2D eigenvalue weighted by atomic mass is 9.74. The van der Waals surface area contributed by atoms with E-state index in [1.54, 1.807) is 0 Å². The zero-order valence-electron chi connectivity index (χ0n) is 19.0. The molecule has 192 valence electrons. The number of hydrogen-bond donors (Lipinski definition) is 1. The summed E-state index contributed by atoms with van der Waals surface area (Å²) in [5.41, 5.74) is 1.67. The summed E-state index contributed by atoms with van der Waals surface area (Å²) < 4.78 is 75.1. The highest BCUT2D eigenvalue weighted by molar-refractivity contribution is 7.90. The fourth-order valence-electron chi connectivity index (χ4n) is 5.87. The predicted molar refractivity (Wildman–Crippen MR) is 123 cm³/mol. The van der Waals surface area contributed by atoms with Gasteiger partial charge in [0.15, 0.2) is 15.5 Å². The van der Waals surface area contributed by atoms with Gasteiger partial charge in [-0.2, -0.15) is 0 Å². The molecule has 4 atom stereocenters. The average molecular weight is 543 g/mol. The van der Waals surface area contributed by atoms with Gasteiger partial charge in [-0.05, 0) is 54.7 Å². The molecular formula is C24H22ClF3N2O5S. The van der Waals surface area contributed by atoms with Crippen LogP contribution in [-0.2, 0) is 19.4 Å². The van der Waals surface area contributed by atoms with Crippen LogP contribution in [0.4, 0.5) is 13.2 Å². The van der Waals surface area contributed by atoms with Gasteiger partial charge in [-0.25, -0.2) is 21.6 Å². The highest BCUT2D eigenvalue weighted by atomic mass is 35.5. The smallest absolute Gasteiger partial charge is 0.255 e. The molecule has 3 fully saturated rings. The Bertz CT molecular complexity index is 1400. The van der Waals surface area contributed by atoms with E-state index in [0.717, 1.165) is 29.4 Å². The van der Waals surface area contributed by atoms with E-state index in [-0.39, 0.29) is 28.9 Å². The third kappa shape index (κ3) is 3.71.